The molecule has 0 N–H and O–H groups in total. The van der Waals surface area contributed by atoms with Crippen molar-refractivity contribution in [1.82, 2.24) is 14.9 Å². The van der Waals surface area contributed by atoms with E-state index in [1.54, 1.807) is 19.4 Å². The van der Waals surface area contributed by atoms with Crippen molar-refractivity contribution in [1.29, 1.82) is 0 Å². The number of aryl methyl sites for hydroxylation is 2. The second-order valence-corrected chi connectivity index (χ2v) is 6.29. The third-order valence-corrected chi connectivity index (χ3v) is 4.35. The summed E-state index contributed by atoms with van der Waals surface area (Å²) in [7, 11) is 1.65. The summed E-state index contributed by atoms with van der Waals surface area (Å²) < 4.78 is 11.1. The molecule has 132 valence electrons. The average molecular weight is 341 g/mol. The minimum Gasteiger partial charge on any atom is -0.496 e. The van der Waals surface area contributed by atoms with Crippen LogP contribution < -0.4 is 9.47 Å². The van der Waals surface area contributed by atoms with Crippen molar-refractivity contribution in [2.75, 3.05) is 20.2 Å². The van der Waals surface area contributed by atoms with Gasteiger partial charge in [0.25, 0.3) is 0 Å². The molecule has 1 atom stereocenters. The minimum absolute atomic E-state index is 0.0177. The summed E-state index contributed by atoms with van der Waals surface area (Å²) in [5.74, 6) is 2.20. The van der Waals surface area contributed by atoms with Crippen LogP contribution in [0.15, 0.2) is 30.5 Å². The molecule has 0 bridgehead atoms. The number of methoxy groups -OCH3 is 1. The molecule has 1 aliphatic rings. The fourth-order valence-electron chi connectivity index (χ4n) is 3.06. The lowest BCUT2D eigenvalue weighted by Crippen LogP contribution is -2.32. The summed E-state index contributed by atoms with van der Waals surface area (Å²) in [6.07, 6.45) is 2.87. The molecule has 1 aromatic heterocycles. The van der Waals surface area contributed by atoms with Gasteiger partial charge in [-0.3, -0.25) is 4.79 Å². The third kappa shape index (κ3) is 4.26. The Morgan fingerprint density at radius 2 is 2.16 bits per heavy atom. The predicted molar refractivity (Wildman–Crippen MR) is 93.8 cm³/mol. The fraction of sp³-hybridized carbons (Fsp3) is 0.421. The molecule has 2 heterocycles. The number of nitrogens with zero attached hydrogens (tertiary/aromatic N) is 3. The Balaban J connectivity index is 1.56. The Bertz CT molecular complexity index is 763. The zero-order valence-corrected chi connectivity index (χ0v) is 14.9. The van der Waals surface area contributed by atoms with Gasteiger partial charge in [-0.2, -0.15) is 4.98 Å². The number of rotatable bonds is 5. The maximum atomic E-state index is 12.5. The Labute approximate surface area is 147 Å². The van der Waals surface area contributed by atoms with E-state index in [-0.39, 0.29) is 12.0 Å². The second kappa shape index (κ2) is 7.51. The monoisotopic (exact) mass is 341 g/mol. The first kappa shape index (κ1) is 17.2. The highest BCUT2D eigenvalue weighted by Gasteiger charge is 2.27. The largest absolute Gasteiger partial charge is 0.496 e. The SMILES string of the molecule is COc1ccc(CC(=O)N2CC[C@H](Oc3ccnc(C)n3)C2)cc1C. The molecule has 0 saturated carbocycles. The second-order valence-electron chi connectivity index (χ2n) is 6.29. The molecule has 6 nitrogen and oxygen atoms in total. The van der Waals surface area contributed by atoms with Gasteiger partial charge in [0, 0.05) is 25.2 Å². The summed E-state index contributed by atoms with van der Waals surface area (Å²) in [5, 5.41) is 0. The van der Waals surface area contributed by atoms with Gasteiger partial charge in [0.05, 0.1) is 20.1 Å². The Kier molecular flexibility index (Phi) is 5.16. The quantitative estimate of drug-likeness (QED) is 0.835. The number of amides is 1. The number of hydrogen-bond acceptors (Lipinski definition) is 5. The number of ether oxygens (including phenoxy) is 2. The standard InChI is InChI=1S/C19H23N3O3/c1-13-10-15(4-5-17(13)24-3)11-19(23)22-9-7-16(12-22)25-18-6-8-20-14(2)21-18/h4-6,8,10,16H,7,9,11-12H2,1-3H3/t16-/m0/s1. The fourth-order valence-corrected chi connectivity index (χ4v) is 3.06. The van der Waals surface area contributed by atoms with Crippen molar-refractivity contribution in [2.45, 2.75) is 32.8 Å². The highest BCUT2D eigenvalue weighted by Crippen LogP contribution is 2.21. The Morgan fingerprint density at radius 1 is 1.32 bits per heavy atom. The van der Waals surface area contributed by atoms with Gasteiger partial charge in [0.2, 0.25) is 11.8 Å². The van der Waals surface area contributed by atoms with E-state index in [0.717, 1.165) is 23.3 Å². The first-order chi connectivity index (χ1) is 12.0. The van der Waals surface area contributed by atoms with E-state index in [1.165, 1.54) is 0 Å². The van der Waals surface area contributed by atoms with Crippen LogP contribution in [0.3, 0.4) is 0 Å². The zero-order chi connectivity index (χ0) is 17.8. The molecule has 0 aliphatic carbocycles. The lowest BCUT2D eigenvalue weighted by molar-refractivity contribution is -0.129. The van der Waals surface area contributed by atoms with Crippen LogP contribution >= 0.6 is 0 Å². The topological polar surface area (TPSA) is 64.5 Å². The van der Waals surface area contributed by atoms with Crippen LogP contribution in [0.1, 0.15) is 23.4 Å². The van der Waals surface area contributed by atoms with E-state index >= 15 is 0 Å². The normalized spacial score (nSPS) is 16.8. The average Bonchev–Trinajstić information content (AvgIpc) is 3.04. The maximum Gasteiger partial charge on any atom is 0.227 e. The van der Waals surface area contributed by atoms with Crippen LogP contribution in [0.4, 0.5) is 0 Å². The highest BCUT2D eigenvalue weighted by molar-refractivity contribution is 5.79. The van der Waals surface area contributed by atoms with Gasteiger partial charge in [-0.1, -0.05) is 12.1 Å². The molecule has 1 saturated heterocycles. The van der Waals surface area contributed by atoms with Crippen LogP contribution in [0, 0.1) is 13.8 Å². The molecule has 1 amide bonds. The van der Waals surface area contributed by atoms with Gasteiger partial charge < -0.3 is 14.4 Å². The molecule has 2 aromatic rings. The minimum atomic E-state index is -0.0177. The van der Waals surface area contributed by atoms with Crippen LogP contribution in [0.25, 0.3) is 0 Å². The summed E-state index contributed by atoms with van der Waals surface area (Å²) in [4.78, 5) is 22.7. The van der Waals surface area contributed by atoms with E-state index in [1.807, 2.05) is 36.9 Å². The summed E-state index contributed by atoms with van der Waals surface area (Å²) in [6.45, 7) is 5.12. The highest BCUT2D eigenvalue weighted by atomic mass is 16.5. The first-order valence-corrected chi connectivity index (χ1v) is 8.43. The summed E-state index contributed by atoms with van der Waals surface area (Å²) in [6, 6.07) is 7.60. The molecular formula is C19H23N3O3. The lowest BCUT2D eigenvalue weighted by atomic mass is 10.1. The molecule has 0 radical (unpaired) electrons. The Morgan fingerprint density at radius 3 is 2.88 bits per heavy atom. The molecule has 25 heavy (non-hydrogen) atoms. The molecule has 6 heteroatoms. The molecule has 1 aromatic carbocycles. The van der Waals surface area contributed by atoms with E-state index in [9.17, 15) is 4.79 Å². The zero-order valence-electron chi connectivity index (χ0n) is 14.9. The van der Waals surface area contributed by atoms with Crippen molar-refractivity contribution in [3.63, 3.8) is 0 Å². The maximum absolute atomic E-state index is 12.5. The predicted octanol–water partition coefficient (Wildman–Crippen LogP) is 2.32. The number of carbonyl (C=O) groups excluding carboxylic acids is 1. The van der Waals surface area contributed by atoms with Gasteiger partial charge in [-0.25, -0.2) is 4.98 Å². The molecule has 3 rings (SSSR count). The third-order valence-electron chi connectivity index (χ3n) is 4.35. The van der Waals surface area contributed by atoms with Crippen LogP contribution in [0.5, 0.6) is 11.6 Å². The number of hydrogen-bond donors (Lipinski definition) is 0. The number of benzene rings is 1. The van der Waals surface area contributed by atoms with Gasteiger partial charge >= 0.3 is 0 Å². The first-order valence-electron chi connectivity index (χ1n) is 8.43. The van der Waals surface area contributed by atoms with Crippen molar-refractivity contribution >= 4 is 5.91 Å². The van der Waals surface area contributed by atoms with Crippen LogP contribution in [0.2, 0.25) is 0 Å². The molecule has 0 spiro atoms. The van der Waals surface area contributed by atoms with Gasteiger partial charge in [0.15, 0.2) is 0 Å². The summed E-state index contributed by atoms with van der Waals surface area (Å²) in [5.41, 5.74) is 2.04. The smallest absolute Gasteiger partial charge is 0.227 e. The van der Waals surface area contributed by atoms with E-state index in [4.69, 9.17) is 9.47 Å². The number of carbonyl (C=O) groups is 1. The molecule has 0 unspecified atom stereocenters. The van der Waals surface area contributed by atoms with E-state index < -0.39 is 0 Å². The summed E-state index contributed by atoms with van der Waals surface area (Å²) >= 11 is 0. The van der Waals surface area contributed by atoms with E-state index in [2.05, 4.69) is 9.97 Å². The number of aromatic nitrogens is 2. The molecule has 1 fully saturated rings. The van der Waals surface area contributed by atoms with Gasteiger partial charge in [-0.05, 0) is 31.0 Å². The van der Waals surface area contributed by atoms with Gasteiger partial charge in [0.1, 0.15) is 17.7 Å². The van der Waals surface area contributed by atoms with Crippen molar-refractivity contribution < 1.29 is 14.3 Å². The van der Waals surface area contributed by atoms with Crippen molar-refractivity contribution in [3.05, 3.63) is 47.4 Å². The van der Waals surface area contributed by atoms with Crippen LogP contribution in [-0.4, -0.2) is 47.1 Å². The lowest BCUT2D eigenvalue weighted by Gasteiger charge is -2.17. The van der Waals surface area contributed by atoms with Crippen LogP contribution in [-0.2, 0) is 11.2 Å². The molecular weight excluding hydrogens is 318 g/mol. The van der Waals surface area contributed by atoms with Crippen molar-refractivity contribution in [2.24, 2.45) is 0 Å². The van der Waals surface area contributed by atoms with Gasteiger partial charge in [-0.15, -0.1) is 0 Å². The number of likely N-dealkylation sites (tertiary alicyclic amines) is 1. The van der Waals surface area contributed by atoms with Crippen molar-refractivity contribution in [3.8, 4) is 11.6 Å². The molecule has 1 aliphatic heterocycles. The Hall–Kier alpha value is -2.63. The van der Waals surface area contributed by atoms with E-state index in [0.29, 0.717) is 31.2 Å².